The van der Waals surface area contributed by atoms with E-state index < -0.39 is 5.97 Å². The van der Waals surface area contributed by atoms with Crippen molar-refractivity contribution in [1.82, 2.24) is 9.78 Å². The highest BCUT2D eigenvalue weighted by molar-refractivity contribution is 6.30. The fraction of sp³-hybridized carbons (Fsp3) is 0.111. The number of rotatable bonds is 5. The van der Waals surface area contributed by atoms with E-state index in [2.05, 4.69) is 5.10 Å². The minimum atomic E-state index is -0.869. The van der Waals surface area contributed by atoms with Crippen molar-refractivity contribution in [1.29, 1.82) is 0 Å². The lowest BCUT2D eigenvalue weighted by Crippen LogP contribution is -1.97. The maximum Gasteiger partial charge on any atom is 0.303 e. The second-order valence-electron chi connectivity index (χ2n) is 5.32. The number of aliphatic carboxylic acids is 1. The van der Waals surface area contributed by atoms with Crippen LogP contribution in [0.3, 0.4) is 0 Å². The number of hydrogen-bond donors (Lipinski definition) is 1. The Morgan fingerprint density at radius 2 is 1.79 bits per heavy atom. The van der Waals surface area contributed by atoms with E-state index in [1.807, 2.05) is 12.1 Å². The van der Waals surface area contributed by atoms with Gasteiger partial charge in [0.2, 0.25) is 0 Å². The predicted molar refractivity (Wildman–Crippen MR) is 89.9 cm³/mol. The van der Waals surface area contributed by atoms with Gasteiger partial charge in [-0.1, -0.05) is 23.7 Å². The molecule has 1 heterocycles. The molecular weight excluding hydrogens is 331 g/mol. The molecule has 0 aliphatic rings. The number of carboxylic acids is 1. The highest BCUT2D eigenvalue weighted by atomic mass is 35.5. The maximum atomic E-state index is 13.1. The van der Waals surface area contributed by atoms with Crippen LogP contribution in [-0.2, 0) is 11.2 Å². The molecule has 0 aliphatic heterocycles. The molecular formula is C18H14ClFN2O2. The van der Waals surface area contributed by atoms with Gasteiger partial charge in [0.1, 0.15) is 5.82 Å². The van der Waals surface area contributed by atoms with Crippen LogP contribution in [0.1, 0.15) is 12.0 Å². The lowest BCUT2D eigenvalue weighted by molar-refractivity contribution is -0.136. The van der Waals surface area contributed by atoms with Gasteiger partial charge in [-0.05, 0) is 48.4 Å². The third-order valence-corrected chi connectivity index (χ3v) is 3.86. The molecule has 0 bridgehead atoms. The Kier molecular flexibility index (Phi) is 4.62. The number of halogens is 2. The minimum absolute atomic E-state index is 0.00962. The summed E-state index contributed by atoms with van der Waals surface area (Å²) in [6.07, 6.45) is 2.14. The molecule has 0 radical (unpaired) electrons. The third kappa shape index (κ3) is 3.63. The van der Waals surface area contributed by atoms with E-state index in [1.165, 1.54) is 12.1 Å². The number of carbonyl (C=O) groups is 1. The first-order chi connectivity index (χ1) is 11.5. The summed E-state index contributed by atoms with van der Waals surface area (Å²) in [6.45, 7) is 0. The van der Waals surface area contributed by atoms with Crippen LogP contribution in [0.25, 0.3) is 16.9 Å². The Balaban J connectivity index is 2.02. The van der Waals surface area contributed by atoms with Crippen molar-refractivity contribution in [2.75, 3.05) is 0 Å². The molecule has 0 saturated heterocycles. The summed E-state index contributed by atoms with van der Waals surface area (Å²) in [7, 11) is 0. The highest BCUT2D eigenvalue weighted by Gasteiger charge is 2.13. The number of carboxylic acid groups (broad SMARTS) is 1. The van der Waals surface area contributed by atoms with Crippen LogP contribution in [0.4, 0.5) is 4.39 Å². The Bertz CT molecular complexity index is 858. The summed E-state index contributed by atoms with van der Waals surface area (Å²) in [4.78, 5) is 10.9. The molecule has 1 N–H and O–H groups in total. The standard InChI is InChI=1S/C18H14ClFN2O2/c19-14-4-1-12(2-5-14)18-13(3-10-17(23)24)11-22(21-18)16-8-6-15(20)7-9-16/h1-2,4-9,11H,3,10H2,(H,23,24). The monoisotopic (exact) mass is 344 g/mol. The molecule has 3 aromatic rings. The fourth-order valence-corrected chi connectivity index (χ4v) is 2.54. The van der Waals surface area contributed by atoms with Crippen LogP contribution in [0.15, 0.2) is 54.7 Å². The average molecular weight is 345 g/mol. The fourth-order valence-electron chi connectivity index (χ4n) is 2.41. The van der Waals surface area contributed by atoms with Gasteiger partial charge in [-0.25, -0.2) is 9.07 Å². The van der Waals surface area contributed by atoms with Crippen molar-refractivity contribution in [3.8, 4) is 16.9 Å². The Morgan fingerprint density at radius 1 is 1.12 bits per heavy atom. The van der Waals surface area contributed by atoms with Crippen molar-refractivity contribution in [3.63, 3.8) is 0 Å². The number of hydrogen-bond acceptors (Lipinski definition) is 2. The largest absolute Gasteiger partial charge is 0.481 e. The molecule has 4 nitrogen and oxygen atoms in total. The first-order valence-electron chi connectivity index (χ1n) is 7.35. The van der Waals surface area contributed by atoms with Gasteiger partial charge in [0, 0.05) is 23.2 Å². The third-order valence-electron chi connectivity index (χ3n) is 3.61. The lowest BCUT2D eigenvalue weighted by atomic mass is 10.0. The van der Waals surface area contributed by atoms with Gasteiger partial charge < -0.3 is 5.11 Å². The normalized spacial score (nSPS) is 10.8. The van der Waals surface area contributed by atoms with Crippen LogP contribution < -0.4 is 0 Å². The summed E-state index contributed by atoms with van der Waals surface area (Å²) < 4.78 is 14.7. The lowest BCUT2D eigenvalue weighted by Gasteiger charge is -2.02. The number of aromatic nitrogens is 2. The quantitative estimate of drug-likeness (QED) is 0.748. The second kappa shape index (κ2) is 6.84. The number of aryl methyl sites for hydroxylation is 1. The number of benzene rings is 2. The van der Waals surface area contributed by atoms with Crippen LogP contribution in [0.5, 0.6) is 0 Å². The van der Waals surface area contributed by atoms with Crippen LogP contribution in [-0.4, -0.2) is 20.9 Å². The van der Waals surface area contributed by atoms with E-state index in [0.29, 0.717) is 22.8 Å². The SMILES string of the molecule is O=C(O)CCc1cn(-c2ccc(F)cc2)nc1-c1ccc(Cl)cc1. The molecule has 1 aromatic heterocycles. The van der Waals surface area contributed by atoms with Gasteiger partial charge in [0.05, 0.1) is 11.4 Å². The molecule has 3 rings (SSSR count). The Morgan fingerprint density at radius 3 is 2.42 bits per heavy atom. The van der Waals surface area contributed by atoms with Crippen molar-refractivity contribution in [2.24, 2.45) is 0 Å². The zero-order valence-corrected chi connectivity index (χ0v) is 13.4. The van der Waals surface area contributed by atoms with Crippen molar-refractivity contribution < 1.29 is 14.3 Å². The maximum absolute atomic E-state index is 13.1. The van der Waals surface area contributed by atoms with Crippen LogP contribution in [0, 0.1) is 5.82 Å². The van der Waals surface area contributed by atoms with E-state index in [9.17, 15) is 9.18 Å². The van der Waals surface area contributed by atoms with Gasteiger partial charge in [0.15, 0.2) is 0 Å². The van der Waals surface area contributed by atoms with Crippen molar-refractivity contribution in [2.45, 2.75) is 12.8 Å². The Labute approximate surface area is 143 Å². The van der Waals surface area contributed by atoms with Crippen LogP contribution in [0.2, 0.25) is 5.02 Å². The van der Waals surface area contributed by atoms with E-state index >= 15 is 0 Å². The summed E-state index contributed by atoms with van der Waals surface area (Å²) in [5.74, 6) is -1.19. The van der Waals surface area contributed by atoms with E-state index in [1.54, 1.807) is 35.1 Å². The van der Waals surface area contributed by atoms with Gasteiger partial charge in [-0.2, -0.15) is 5.10 Å². The van der Waals surface area contributed by atoms with Crippen molar-refractivity contribution in [3.05, 3.63) is 71.1 Å². The summed E-state index contributed by atoms with van der Waals surface area (Å²) in [6, 6.07) is 13.1. The van der Waals surface area contributed by atoms with Gasteiger partial charge in [0.25, 0.3) is 0 Å². The summed E-state index contributed by atoms with van der Waals surface area (Å²) in [5, 5.41) is 14.1. The summed E-state index contributed by atoms with van der Waals surface area (Å²) >= 11 is 5.92. The molecule has 122 valence electrons. The molecule has 0 atom stereocenters. The van der Waals surface area contributed by atoms with Crippen LogP contribution >= 0.6 is 11.6 Å². The zero-order valence-electron chi connectivity index (χ0n) is 12.6. The molecule has 0 amide bonds. The molecule has 6 heteroatoms. The van der Waals surface area contributed by atoms with E-state index in [4.69, 9.17) is 16.7 Å². The second-order valence-corrected chi connectivity index (χ2v) is 5.76. The van der Waals surface area contributed by atoms with Gasteiger partial charge >= 0.3 is 5.97 Å². The van der Waals surface area contributed by atoms with E-state index in [-0.39, 0.29) is 12.2 Å². The predicted octanol–water partition coefficient (Wildman–Crippen LogP) is 4.35. The van der Waals surface area contributed by atoms with Gasteiger partial charge in [-0.3, -0.25) is 4.79 Å². The van der Waals surface area contributed by atoms with E-state index in [0.717, 1.165) is 11.1 Å². The first kappa shape index (κ1) is 16.2. The Hall–Kier alpha value is -2.66. The molecule has 0 unspecified atom stereocenters. The zero-order chi connectivity index (χ0) is 17.1. The molecule has 0 saturated carbocycles. The molecule has 0 spiro atoms. The number of nitrogens with zero attached hydrogens (tertiary/aromatic N) is 2. The first-order valence-corrected chi connectivity index (χ1v) is 7.73. The highest BCUT2D eigenvalue weighted by Crippen LogP contribution is 2.26. The average Bonchev–Trinajstić information content (AvgIpc) is 2.98. The van der Waals surface area contributed by atoms with Crippen molar-refractivity contribution >= 4 is 17.6 Å². The van der Waals surface area contributed by atoms with Gasteiger partial charge in [-0.15, -0.1) is 0 Å². The smallest absolute Gasteiger partial charge is 0.303 e. The molecule has 0 aliphatic carbocycles. The molecule has 24 heavy (non-hydrogen) atoms. The summed E-state index contributed by atoms with van der Waals surface area (Å²) in [5.41, 5.74) is 3.05. The molecule has 2 aromatic carbocycles. The topological polar surface area (TPSA) is 55.1 Å². The molecule has 0 fully saturated rings. The minimum Gasteiger partial charge on any atom is -0.481 e.